The summed E-state index contributed by atoms with van der Waals surface area (Å²) in [4.78, 5) is 19.6. The molecule has 1 aromatic rings. The molecule has 0 aliphatic carbocycles. The fraction of sp³-hybridized carbons (Fsp3) is 0.600. The van der Waals surface area contributed by atoms with Gasteiger partial charge in [0.05, 0.1) is 12.8 Å². The van der Waals surface area contributed by atoms with Gasteiger partial charge in [-0.15, -0.1) is 0 Å². The van der Waals surface area contributed by atoms with Gasteiger partial charge in [-0.25, -0.2) is 4.99 Å². The highest BCUT2D eigenvalue weighted by molar-refractivity contribution is 5.84. The summed E-state index contributed by atoms with van der Waals surface area (Å²) in [5.41, 5.74) is 0. The molecule has 118 valence electrons. The molecule has 0 unspecified atom stereocenters. The van der Waals surface area contributed by atoms with Gasteiger partial charge in [-0.2, -0.15) is 0 Å². The van der Waals surface area contributed by atoms with Crippen molar-refractivity contribution in [1.82, 2.24) is 15.1 Å². The number of nitrogens with one attached hydrogen (secondary N) is 1. The maximum Gasteiger partial charge on any atom is 0.243 e. The van der Waals surface area contributed by atoms with Crippen molar-refractivity contribution in [3.05, 3.63) is 24.2 Å². The minimum absolute atomic E-state index is 0.0229. The van der Waals surface area contributed by atoms with E-state index in [9.17, 15) is 4.79 Å². The van der Waals surface area contributed by atoms with Crippen LogP contribution in [0.25, 0.3) is 0 Å². The van der Waals surface area contributed by atoms with Crippen LogP contribution < -0.4 is 5.32 Å². The molecule has 1 rings (SSSR count). The Balaban J connectivity index is 2.70. The summed E-state index contributed by atoms with van der Waals surface area (Å²) >= 11 is 0. The van der Waals surface area contributed by atoms with Crippen molar-refractivity contribution in [2.24, 2.45) is 10.9 Å². The van der Waals surface area contributed by atoms with Crippen molar-refractivity contribution in [2.75, 3.05) is 34.2 Å². The lowest BCUT2D eigenvalue weighted by Crippen LogP contribution is -2.41. The number of likely N-dealkylation sites (N-methyl/N-ethyl adjacent to an activating group) is 1. The summed E-state index contributed by atoms with van der Waals surface area (Å²) in [7, 11) is 5.38. The van der Waals surface area contributed by atoms with Crippen molar-refractivity contribution >= 4 is 11.9 Å². The Bertz CT molecular complexity index is 452. The first-order valence-corrected chi connectivity index (χ1v) is 7.12. The van der Waals surface area contributed by atoms with Crippen LogP contribution >= 0.6 is 0 Å². The average Bonchev–Trinajstić information content (AvgIpc) is 2.90. The molecule has 0 saturated carbocycles. The van der Waals surface area contributed by atoms with Gasteiger partial charge in [-0.3, -0.25) is 4.79 Å². The number of aliphatic imine (C=N–C) groups is 1. The molecule has 21 heavy (non-hydrogen) atoms. The van der Waals surface area contributed by atoms with Crippen molar-refractivity contribution in [1.29, 1.82) is 0 Å². The summed E-state index contributed by atoms with van der Waals surface area (Å²) in [6.07, 6.45) is 1.65. The number of carbonyl (C=O) groups excluding carboxylic acids is 1. The number of rotatable bonds is 6. The van der Waals surface area contributed by atoms with E-state index in [0.29, 0.717) is 18.4 Å². The highest BCUT2D eigenvalue weighted by Crippen LogP contribution is 2.04. The van der Waals surface area contributed by atoms with E-state index in [-0.39, 0.29) is 12.5 Å². The first-order valence-electron chi connectivity index (χ1n) is 7.12. The van der Waals surface area contributed by atoms with Crippen LogP contribution in [0.2, 0.25) is 0 Å². The van der Waals surface area contributed by atoms with Crippen molar-refractivity contribution in [3.8, 4) is 0 Å². The first kappa shape index (κ1) is 17.1. The van der Waals surface area contributed by atoms with Crippen LogP contribution in [-0.4, -0.2) is 55.9 Å². The molecule has 1 amide bonds. The van der Waals surface area contributed by atoms with Gasteiger partial charge in [0.25, 0.3) is 0 Å². The summed E-state index contributed by atoms with van der Waals surface area (Å²) in [6, 6.07) is 3.78. The zero-order valence-electron chi connectivity index (χ0n) is 13.6. The molecule has 6 nitrogen and oxygen atoms in total. The van der Waals surface area contributed by atoms with E-state index < -0.39 is 0 Å². The van der Waals surface area contributed by atoms with Crippen LogP contribution in [0, 0.1) is 5.92 Å². The molecule has 0 aromatic carbocycles. The molecule has 0 aliphatic rings. The van der Waals surface area contributed by atoms with Crippen molar-refractivity contribution in [3.63, 3.8) is 0 Å². The molecule has 1 N–H and O–H groups in total. The Kier molecular flexibility index (Phi) is 6.78. The third-order valence-electron chi connectivity index (χ3n) is 2.87. The number of hydrogen-bond acceptors (Lipinski definition) is 3. The molecule has 0 saturated heterocycles. The van der Waals surface area contributed by atoms with E-state index in [1.54, 1.807) is 20.4 Å². The molecule has 1 heterocycles. The van der Waals surface area contributed by atoms with Crippen molar-refractivity contribution in [2.45, 2.75) is 20.4 Å². The van der Waals surface area contributed by atoms with Gasteiger partial charge in [0, 0.05) is 27.7 Å². The monoisotopic (exact) mass is 294 g/mol. The summed E-state index contributed by atoms with van der Waals surface area (Å²) in [5, 5.41) is 3.29. The van der Waals surface area contributed by atoms with Gasteiger partial charge < -0.3 is 19.5 Å². The van der Waals surface area contributed by atoms with E-state index >= 15 is 0 Å². The maximum absolute atomic E-state index is 11.7. The molecule has 0 atom stereocenters. The molecule has 1 aromatic heterocycles. The van der Waals surface area contributed by atoms with Crippen LogP contribution in [0.3, 0.4) is 0 Å². The Morgan fingerprint density at radius 1 is 1.38 bits per heavy atom. The van der Waals surface area contributed by atoms with Gasteiger partial charge in [0.15, 0.2) is 5.96 Å². The topological polar surface area (TPSA) is 61.1 Å². The molecule has 0 aliphatic heterocycles. The lowest BCUT2D eigenvalue weighted by Gasteiger charge is -2.22. The summed E-state index contributed by atoms with van der Waals surface area (Å²) in [6.45, 7) is 5.80. The van der Waals surface area contributed by atoms with Crippen LogP contribution in [0.5, 0.6) is 0 Å². The van der Waals surface area contributed by atoms with E-state index in [0.717, 1.165) is 12.3 Å². The quantitative estimate of drug-likeness (QED) is 0.636. The lowest BCUT2D eigenvalue weighted by molar-refractivity contribution is -0.127. The number of amides is 1. The molecule has 0 spiro atoms. The average molecular weight is 294 g/mol. The predicted molar refractivity (Wildman–Crippen MR) is 84.0 cm³/mol. The van der Waals surface area contributed by atoms with E-state index in [1.807, 2.05) is 24.1 Å². The molecular formula is C15H26N4O2. The van der Waals surface area contributed by atoms with Crippen LogP contribution in [0.4, 0.5) is 0 Å². The molecule has 0 bridgehead atoms. The third-order valence-corrected chi connectivity index (χ3v) is 2.87. The van der Waals surface area contributed by atoms with Crippen LogP contribution in [-0.2, 0) is 11.3 Å². The normalized spacial score (nSPS) is 11.6. The number of furan rings is 1. The Morgan fingerprint density at radius 3 is 2.62 bits per heavy atom. The van der Waals surface area contributed by atoms with Gasteiger partial charge >= 0.3 is 0 Å². The Hall–Kier alpha value is -1.98. The van der Waals surface area contributed by atoms with Gasteiger partial charge in [0.1, 0.15) is 12.3 Å². The zero-order valence-corrected chi connectivity index (χ0v) is 13.6. The summed E-state index contributed by atoms with van der Waals surface area (Å²) < 4.78 is 5.34. The SMILES string of the molecule is CC(C)CNC(=NCC(=O)N(C)C)N(C)Cc1ccco1. The number of nitrogens with zero attached hydrogens (tertiary/aromatic N) is 3. The largest absolute Gasteiger partial charge is 0.467 e. The number of guanidine groups is 1. The minimum atomic E-state index is -0.0229. The van der Waals surface area contributed by atoms with Gasteiger partial charge in [-0.05, 0) is 18.1 Å². The number of carbonyl (C=O) groups is 1. The smallest absolute Gasteiger partial charge is 0.243 e. The maximum atomic E-state index is 11.7. The highest BCUT2D eigenvalue weighted by Gasteiger charge is 2.11. The second kappa shape index (κ2) is 8.34. The van der Waals surface area contributed by atoms with Gasteiger partial charge in [0.2, 0.25) is 5.91 Å². The molecule has 0 fully saturated rings. The zero-order chi connectivity index (χ0) is 15.8. The highest BCUT2D eigenvalue weighted by atomic mass is 16.3. The minimum Gasteiger partial charge on any atom is -0.467 e. The molecular weight excluding hydrogens is 268 g/mol. The van der Waals surface area contributed by atoms with E-state index in [1.165, 1.54) is 4.90 Å². The van der Waals surface area contributed by atoms with E-state index in [2.05, 4.69) is 24.2 Å². The van der Waals surface area contributed by atoms with Crippen molar-refractivity contribution < 1.29 is 9.21 Å². The third kappa shape index (κ3) is 6.33. The Morgan fingerprint density at radius 2 is 2.10 bits per heavy atom. The first-order chi connectivity index (χ1) is 9.90. The molecule has 0 radical (unpaired) electrons. The number of hydrogen-bond donors (Lipinski definition) is 1. The standard InChI is InChI=1S/C15H26N4O2/c1-12(2)9-16-15(17-10-14(20)18(3)4)19(5)11-13-7-6-8-21-13/h6-8,12H,9-11H2,1-5H3,(H,16,17). The van der Waals surface area contributed by atoms with Crippen LogP contribution in [0.1, 0.15) is 19.6 Å². The second-order valence-electron chi connectivity index (χ2n) is 5.64. The Labute approximate surface area is 126 Å². The fourth-order valence-corrected chi connectivity index (χ4v) is 1.60. The van der Waals surface area contributed by atoms with Gasteiger partial charge in [-0.1, -0.05) is 13.8 Å². The second-order valence-corrected chi connectivity index (χ2v) is 5.64. The van der Waals surface area contributed by atoms with E-state index in [4.69, 9.17) is 4.42 Å². The summed E-state index contributed by atoms with van der Waals surface area (Å²) in [5.74, 6) is 2.03. The van der Waals surface area contributed by atoms with Crippen LogP contribution in [0.15, 0.2) is 27.8 Å². The lowest BCUT2D eigenvalue weighted by atomic mass is 10.2. The fourth-order valence-electron chi connectivity index (χ4n) is 1.60. The molecule has 6 heteroatoms. The predicted octanol–water partition coefficient (Wildman–Crippen LogP) is 1.40.